The molecule has 1 heterocycles. The molecule has 180 valence electrons. The summed E-state index contributed by atoms with van der Waals surface area (Å²) < 4.78 is 12.6. The molecule has 0 radical (unpaired) electrons. The zero-order chi connectivity index (χ0) is 24.5. The zero-order valence-electron chi connectivity index (χ0n) is 19.9. The number of hydrogen-bond acceptors (Lipinski definition) is 6. The highest BCUT2D eigenvalue weighted by molar-refractivity contribution is 9.10. The lowest BCUT2D eigenvalue weighted by Crippen LogP contribution is -2.12. The monoisotopic (exact) mass is 532 g/mol. The van der Waals surface area contributed by atoms with Gasteiger partial charge in [-0.25, -0.2) is 4.98 Å². The molecule has 0 aliphatic rings. The highest BCUT2D eigenvalue weighted by atomic mass is 79.9. The van der Waals surface area contributed by atoms with Gasteiger partial charge in [0, 0.05) is 24.0 Å². The maximum absolute atomic E-state index is 6.11. The second kappa shape index (κ2) is 12.3. The molecule has 3 aromatic carbocycles. The molecule has 0 amide bonds. The lowest BCUT2D eigenvalue weighted by Gasteiger charge is -2.17. The Bertz CT molecular complexity index is 1240. The van der Waals surface area contributed by atoms with E-state index in [1.54, 1.807) is 6.20 Å². The molecule has 0 saturated heterocycles. The Balaban J connectivity index is 1.37. The van der Waals surface area contributed by atoms with Crippen LogP contribution < -0.4 is 15.4 Å². The third-order valence-corrected chi connectivity index (χ3v) is 6.07. The Labute approximate surface area is 214 Å². The van der Waals surface area contributed by atoms with E-state index in [-0.39, 0.29) is 0 Å². The van der Waals surface area contributed by atoms with Crippen molar-refractivity contribution in [3.05, 3.63) is 106 Å². The second-order valence-corrected chi connectivity index (χ2v) is 8.99. The van der Waals surface area contributed by atoms with Crippen LogP contribution in [0.2, 0.25) is 0 Å². The van der Waals surface area contributed by atoms with Gasteiger partial charge in [0.05, 0.1) is 17.7 Å². The van der Waals surface area contributed by atoms with Gasteiger partial charge in [0.1, 0.15) is 18.2 Å². The summed E-state index contributed by atoms with van der Waals surface area (Å²) in [5.41, 5.74) is 5.37. The summed E-state index contributed by atoms with van der Waals surface area (Å²) in [4.78, 5) is 9.02. The summed E-state index contributed by atoms with van der Waals surface area (Å²) in [7, 11) is 0. The largest absolute Gasteiger partial charge is 0.489 e. The minimum Gasteiger partial charge on any atom is -0.489 e. The summed E-state index contributed by atoms with van der Waals surface area (Å²) in [6.45, 7) is 6.37. The highest BCUT2D eigenvalue weighted by Gasteiger charge is 2.13. The lowest BCUT2D eigenvalue weighted by molar-refractivity contribution is 0.130. The highest BCUT2D eigenvalue weighted by Crippen LogP contribution is 2.33. The molecule has 0 aliphatic heterocycles. The Morgan fingerprint density at radius 3 is 2.26 bits per heavy atom. The van der Waals surface area contributed by atoms with Crippen molar-refractivity contribution in [1.82, 2.24) is 9.97 Å². The Hall–Kier alpha value is -3.42. The van der Waals surface area contributed by atoms with Gasteiger partial charge >= 0.3 is 0 Å². The van der Waals surface area contributed by atoms with Gasteiger partial charge in [-0.3, -0.25) is 0 Å². The number of aromatic nitrogens is 2. The summed E-state index contributed by atoms with van der Waals surface area (Å²) >= 11 is 3.56. The van der Waals surface area contributed by atoms with E-state index in [2.05, 4.69) is 67.7 Å². The van der Waals surface area contributed by atoms with E-state index >= 15 is 0 Å². The summed E-state index contributed by atoms with van der Waals surface area (Å²) in [5.74, 6) is 2.05. The molecule has 0 fully saturated rings. The van der Waals surface area contributed by atoms with Crippen molar-refractivity contribution in [2.45, 2.75) is 27.1 Å². The maximum atomic E-state index is 6.11. The minimum atomic E-state index is 0.516. The van der Waals surface area contributed by atoms with E-state index in [0.29, 0.717) is 38.1 Å². The lowest BCUT2D eigenvalue weighted by atomic mass is 10.1. The molecule has 4 aromatic rings. The van der Waals surface area contributed by atoms with Crippen LogP contribution in [0.4, 0.5) is 17.5 Å². The first-order valence-electron chi connectivity index (χ1n) is 11.5. The molecular formula is C28H29BrN4O2. The third kappa shape index (κ3) is 7.04. The van der Waals surface area contributed by atoms with E-state index in [1.807, 2.05) is 55.5 Å². The number of ether oxygens (including phenoxy) is 2. The third-order valence-electron chi connectivity index (χ3n) is 5.49. The van der Waals surface area contributed by atoms with Gasteiger partial charge in [0.2, 0.25) is 5.95 Å². The van der Waals surface area contributed by atoms with Crippen molar-refractivity contribution >= 4 is 33.4 Å². The average Bonchev–Trinajstić information content (AvgIpc) is 2.88. The number of rotatable bonds is 11. The van der Waals surface area contributed by atoms with E-state index < -0.39 is 0 Å². The fourth-order valence-electron chi connectivity index (χ4n) is 3.57. The fraction of sp³-hybridized carbons (Fsp3) is 0.214. The molecule has 0 bridgehead atoms. The molecular weight excluding hydrogens is 504 g/mol. The maximum Gasteiger partial charge on any atom is 0.224 e. The zero-order valence-corrected chi connectivity index (χ0v) is 21.5. The molecule has 6 nitrogen and oxygen atoms in total. The average molecular weight is 533 g/mol. The molecule has 4 rings (SSSR count). The van der Waals surface area contributed by atoms with Crippen LogP contribution in [0.5, 0.6) is 5.75 Å². The van der Waals surface area contributed by atoms with Crippen molar-refractivity contribution in [1.29, 1.82) is 0 Å². The van der Waals surface area contributed by atoms with E-state index in [1.165, 1.54) is 0 Å². The molecule has 2 N–H and O–H groups in total. The standard InChI is InChI=1S/C28H29BrN4O2/c1-20-13-14-25(35-19-23-11-7-4-8-12-23)21(2)26(20)32-27-24(29)17-31-28(33-27)30-15-16-34-18-22-9-5-3-6-10-22/h3-14,17H,15-16,18-19H2,1-2H3,(H2,30,31,32,33). The van der Waals surface area contributed by atoms with Gasteiger partial charge in [0.15, 0.2) is 0 Å². The van der Waals surface area contributed by atoms with Gasteiger partial charge in [-0.2, -0.15) is 4.98 Å². The Morgan fingerprint density at radius 2 is 1.54 bits per heavy atom. The second-order valence-electron chi connectivity index (χ2n) is 8.13. The van der Waals surface area contributed by atoms with Crippen LogP contribution in [0, 0.1) is 13.8 Å². The normalized spacial score (nSPS) is 10.7. The molecule has 1 aromatic heterocycles. The minimum absolute atomic E-state index is 0.516. The number of benzene rings is 3. The van der Waals surface area contributed by atoms with Crippen LogP contribution in [0.1, 0.15) is 22.3 Å². The van der Waals surface area contributed by atoms with Crippen molar-refractivity contribution in [2.24, 2.45) is 0 Å². The van der Waals surface area contributed by atoms with E-state index in [9.17, 15) is 0 Å². The smallest absolute Gasteiger partial charge is 0.224 e. The fourth-order valence-corrected chi connectivity index (χ4v) is 3.86. The molecule has 0 saturated carbocycles. The predicted octanol–water partition coefficient (Wildman–Crippen LogP) is 6.81. The Morgan fingerprint density at radius 1 is 0.857 bits per heavy atom. The number of aryl methyl sites for hydroxylation is 1. The number of halogens is 1. The summed E-state index contributed by atoms with van der Waals surface area (Å²) in [6.07, 6.45) is 1.74. The van der Waals surface area contributed by atoms with Gasteiger partial charge in [-0.15, -0.1) is 0 Å². The predicted molar refractivity (Wildman–Crippen MR) is 144 cm³/mol. The van der Waals surface area contributed by atoms with Crippen molar-refractivity contribution in [3.63, 3.8) is 0 Å². The molecule has 0 spiro atoms. The number of nitrogens with zero attached hydrogens (tertiary/aromatic N) is 2. The van der Waals surface area contributed by atoms with Crippen LogP contribution in [0.25, 0.3) is 0 Å². The number of hydrogen-bond donors (Lipinski definition) is 2. The summed E-state index contributed by atoms with van der Waals surface area (Å²) in [5, 5.41) is 6.69. The van der Waals surface area contributed by atoms with E-state index in [0.717, 1.165) is 38.2 Å². The number of nitrogens with one attached hydrogen (secondary N) is 2. The van der Waals surface area contributed by atoms with E-state index in [4.69, 9.17) is 9.47 Å². The molecule has 0 atom stereocenters. The molecule has 35 heavy (non-hydrogen) atoms. The topological polar surface area (TPSA) is 68.3 Å². The van der Waals surface area contributed by atoms with Crippen molar-refractivity contribution in [2.75, 3.05) is 23.8 Å². The first-order chi connectivity index (χ1) is 17.1. The molecule has 0 unspecified atom stereocenters. The van der Waals surface area contributed by atoms with Crippen LogP contribution in [-0.4, -0.2) is 23.1 Å². The quantitative estimate of drug-likeness (QED) is 0.207. The van der Waals surface area contributed by atoms with Crippen LogP contribution in [0.15, 0.2) is 83.5 Å². The van der Waals surface area contributed by atoms with Crippen molar-refractivity contribution < 1.29 is 9.47 Å². The van der Waals surface area contributed by atoms with Gasteiger partial charge < -0.3 is 20.1 Å². The first-order valence-corrected chi connectivity index (χ1v) is 12.3. The van der Waals surface area contributed by atoms with Crippen molar-refractivity contribution in [3.8, 4) is 5.75 Å². The first kappa shape index (κ1) is 24.7. The number of anilines is 3. The Kier molecular flexibility index (Phi) is 8.70. The molecule has 7 heteroatoms. The van der Waals surface area contributed by atoms with Gasteiger partial charge in [0.25, 0.3) is 0 Å². The van der Waals surface area contributed by atoms with Crippen LogP contribution >= 0.6 is 15.9 Å². The molecule has 0 aliphatic carbocycles. The van der Waals surface area contributed by atoms with Crippen LogP contribution in [0.3, 0.4) is 0 Å². The van der Waals surface area contributed by atoms with Crippen LogP contribution in [-0.2, 0) is 18.0 Å². The van der Waals surface area contributed by atoms with Gasteiger partial charge in [-0.05, 0) is 52.5 Å². The SMILES string of the molecule is Cc1ccc(OCc2ccccc2)c(C)c1Nc1nc(NCCOCc2ccccc2)ncc1Br. The van der Waals surface area contributed by atoms with Gasteiger partial charge in [-0.1, -0.05) is 66.7 Å². The summed E-state index contributed by atoms with van der Waals surface area (Å²) in [6, 6.07) is 24.3.